The molecule has 0 amide bonds. The van der Waals surface area contributed by atoms with Crippen molar-refractivity contribution in [2.45, 2.75) is 51.2 Å². The monoisotopic (exact) mass is 678 g/mol. The number of likely N-dealkylation sites (tertiary alicyclic amines) is 1. The molecule has 1 aliphatic rings. The summed E-state index contributed by atoms with van der Waals surface area (Å²) in [5, 5.41) is 26.4. The van der Waals surface area contributed by atoms with E-state index in [2.05, 4.69) is 51.6 Å². The minimum absolute atomic E-state index is 0.0459. The van der Waals surface area contributed by atoms with Crippen molar-refractivity contribution in [2.24, 2.45) is 0 Å². The summed E-state index contributed by atoms with van der Waals surface area (Å²) >= 11 is 12.8. The molecule has 1 atom stereocenters. The lowest BCUT2D eigenvalue weighted by Crippen LogP contribution is -2.46. The molecule has 13 heteroatoms. The average molecular weight is 680 g/mol. The third kappa shape index (κ3) is 6.86. The van der Waals surface area contributed by atoms with Crippen LogP contribution in [0.5, 0.6) is 0 Å². The summed E-state index contributed by atoms with van der Waals surface area (Å²) in [6.45, 7) is 8.58. The standard InChI is InChI=1S/C34H31Cl2F3N8/c1-34(2,3)46-10-8-23(9-11-46)47-18-30(44-45-47)32(19-4-6-21(35)7-5-19)43-29-13-22(36)12-24-31(20(16-40)17-41-33(24)29)42-28-15-26(38)25(37)14-27(28)39/h4-7,12-15,17-18,23,32,43H,8-11H2,1-3H3,(H,41,42)/t32-/m0/s1. The quantitative estimate of drug-likeness (QED) is 0.166. The van der Waals surface area contributed by atoms with Crippen LogP contribution in [0.25, 0.3) is 10.9 Å². The molecular weight excluding hydrogens is 648 g/mol. The van der Waals surface area contributed by atoms with Crippen LogP contribution in [0.4, 0.5) is 30.2 Å². The number of fused-ring (bicyclic) bond motifs is 1. The van der Waals surface area contributed by atoms with Gasteiger partial charge in [0, 0.05) is 52.4 Å². The Hall–Kier alpha value is -4.37. The fourth-order valence-corrected chi connectivity index (χ4v) is 6.24. The number of benzene rings is 3. The lowest BCUT2D eigenvalue weighted by Gasteiger charge is -2.40. The normalized spacial score (nSPS) is 15.0. The van der Waals surface area contributed by atoms with Gasteiger partial charge in [0.2, 0.25) is 0 Å². The molecule has 3 heterocycles. The minimum atomic E-state index is -1.33. The number of pyridine rings is 1. The SMILES string of the molecule is CC(C)(C)N1CCC(n2cc([C@@H](Nc3cc(Cl)cc4c(Nc5cc(F)c(F)cc5F)c(C#N)cnc34)c3ccc(Cl)cc3)nn2)CC1. The molecule has 0 bridgehead atoms. The van der Waals surface area contributed by atoms with Crippen LogP contribution >= 0.6 is 23.2 Å². The van der Waals surface area contributed by atoms with E-state index in [1.165, 1.54) is 6.20 Å². The molecule has 242 valence electrons. The fraction of sp³-hybridized carbons (Fsp3) is 0.294. The highest BCUT2D eigenvalue weighted by Gasteiger charge is 2.29. The van der Waals surface area contributed by atoms with E-state index in [4.69, 9.17) is 23.2 Å². The predicted octanol–water partition coefficient (Wildman–Crippen LogP) is 8.80. The number of anilines is 3. The van der Waals surface area contributed by atoms with E-state index in [1.807, 2.05) is 29.1 Å². The predicted molar refractivity (Wildman–Crippen MR) is 178 cm³/mol. The van der Waals surface area contributed by atoms with Crippen LogP contribution in [0.2, 0.25) is 10.0 Å². The van der Waals surface area contributed by atoms with E-state index in [9.17, 15) is 18.4 Å². The summed E-state index contributed by atoms with van der Waals surface area (Å²) in [6.07, 6.45) is 5.14. The van der Waals surface area contributed by atoms with E-state index in [0.717, 1.165) is 31.5 Å². The second-order valence-electron chi connectivity index (χ2n) is 12.5. The molecule has 1 fully saturated rings. The van der Waals surface area contributed by atoms with Gasteiger partial charge in [-0.2, -0.15) is 5.26 Å². The molecule has 5 aromatic rings. The number of piperidine rings is 1. The van der Waals surface area contributed by atoms with Crippen molar-refractivity contribution < 1.29 is 13.2 Å². The smallest absolute Gasteiger partial charge is 0.161 e. The van der Waals surface area contributed by atoms with Crippen molar-refractivity contribution in [3.05, 3.63) is 105 Å². The Morgan fingerprint density at radius 2 is 1.64 bits per heavy atom. The van der Waals surface area contributed by atoms with Crippen molar-refractivity contribution in [3.63, 3.8) is 0 Å². The first-order chi connectivity index (χ1) is 22.4. The number of hydrogen-bond acceptors (Lipinski definition) is 7. The van der Waals surface area contributed by atoms with Gasteiger partial charge in [-0.05, 0) is 63.4 Å². The first kappa shape index (κ1) is 32.6. The highest BCUT2D eigenvalue weighted by molar-refractivity contribution is 6.32. The third-order valence-corrected chi connectivity index (χ3v) is 8.91. The number of aromatic nitrogens is 4. The molecule has 0 spiro atoms. The van der Waals surface area contributed by atoms with Crippen molar-refractivity contribution in [1.82, 2.24) is 24.9 Å². The number of hydrogen-bond donors (Lipinski definition) is 2. The molecular formula is C34H31Cl2F3N8. The second-order valence-corrected chi connectivity index (χ2v) is 13.4. The molecule has 0 aliphatic carbocycles. The highest BCUT2D eigenvalue weighted by Crippen LogP contribution is 2.38. The molecule has 1 aliphatic heterocycles. The number of nitrogens with one attached hydrogen (secondary N) is 2. The van der Waals surface area contributed by atoms with Gasteiger partial charge in [0.25, 0.3) is 0 Å². The molecule has 6 rings (SSSR count). The maximum Gasteiger partial charge on any atom is 0.161 e. The molecule has 3 aromatic carbocycles. The Labute approximate surface area is 280 Å². The van der Waals surface area contributed by atoms with Gasteiger partial charge in [0.1, 0.15) is 17.6 Å². The molecule has 2 N–H and O–H groups in total. The van der Waals surface area contributed by atoms with Crippen molar-refractivity contribution >= 4 is 51.2 Å². The minimum Gasteiger partial charge on any atom is -0.371 e. The van der Waals surface area contributed by atoms with Gasteiger partial charge in [0.15, 0.2) is 11.6 Å². The molecule has 0 saturated carbocycles. The number of halogens is 5. The summed E-state index contributed by atoms with van der Waals surface area (Å²) in [5.74, 6) is -3.61. The Kier molecular flexibility index (Phi) is 9.03. The van der Waals surface area contributed by atoms with Gasteiger partial charge >= 0.3 is 0 Å². The Morgan fingerprint density at radius 1 is 0.936 bits per heavy atom. The Bertz CT molecular complexity index is 1980. The highest BCUT2D eigenvalue weighted by atomic mass is 35.5. The third-order valence-electron chi connectivity index (χ3n) is 8.44. The second kappa shape index (κ2) is 13.0. The van der Waals surface area contributed by atoms with Crippen LogP contribution in [0.15, 0.2) is 60.9 Å². The molecule has 2 aromatic heterocycles. The van der Waals surface area contributed by atoms with E-state index in [0.29, 0.717) is 39.4 Å². The van der Waals surface area contributed by atoms with E-state index in [-0.39, 0.29) is 33.5 Å². The first-order valence-corrected chi connectivity index (χ1v) is 15.8. The van der Waals surface area contributed by atoms with Crippen molar-refractivity contribution in [2.75, 3.05) is 23.7 Å². The van der Waals surface area contributed by atoms with Crippen LogP contribution in [-0.2, 0) is 0 Å². The maximum absolute atomic E-state index is 14.7. The Balaban J connectivity index is 1.39. The van der Waals surface area contributed by atoms with Gasteiger partial charge in [-0.1, -0.05) is 40.5 Å². The van der Waals surface area contributed by atoms with Gasteiger partial charge < -0.3 is 10.6 Å². The van der Waals surface area contributed by atoms with Crippen LogP contribution in [0, 0.1) is 28.8 Å². The van der Waals surface area contributed by atoms with E-state index in [1.54, 1.807) is 24.3 Å². The topological polar surface area (TPSA) is 94.7 Å². The number of nitriles is 1. The molecule has 0 unspecified atom stereocenters. The lowest BCUT2D eigenvalue weighted by atomic mass is 9.98. The summed E-state index contributed by atoms with van der Waals surface area (Å²) in [6, 6.07) is 13.4. The summed E-state index contributed by atoms with van der Waals surface area (Å²) in [7, 11) is 0. The van der Waals surface area contributed by atoms with Crippen LogP contribution in [0.3, 0.4) is 0 Å². The number of rotatable bonds is 7. The van der Waals surface area contributed by atoms with Gasteiger partial charge in [-0.3, -0.25) is 9.88 Å². The van der Waals surface area contributed by atoms with Crippen LogP contribution < -0.4 is 10.6 Å². The van der Waals surface area contributed by atoms with Crippen molar-refractivity contribution in [1.29, 1.82) is 5.26 Å². The van der Waals surface area contributed by atoms with E-state index >= 15 is 0 Å². The zero-order valence-electron chi connectivity index (χ0n) is 25.8. The summed E-state index contributed by atoms with van der Waals surface area (Å²) < 4.78 is 44.3. The zero-order valence-corrected chi connectivity index (χ0v) is 27.3. The van der Waals surface area contributed by atoms with Gasteiger partial charge in [-0.25, -0.2) is 17.9 Å². The average Bonchev–Trinajstić information content (AvgIpc) is 3.53. The zero-order chi connectivity index (χ0) is 33.5. The maximum atomic E-state index is 14.7. The molecule has 0 radical (unpaired) electrons. The van der Waals surface area contributed by atoms with E-state index < -0.39 is 23.5 Å². The van der Waals surface area contributed by atoms with Gasteiger partial charge in [0.05, 0.1) is 46.4 Å². The van der Waals surface area contributed by atoms with Crippen LogP contribution in [-0.4, -0.2) is 43.5 Å². The Morgan fingerprint density at radius 3 is 2.32 bits per heavy atom. The van der Waals surface area contributed by atoms with Crippen molar-refractivity contribution in [3.8, 4) is 6.07 Å². The summed E-state index contributed by atoms with van der Waals surface area (Å²) in [5.41, 5.74) is 2.28. The van der Waals surface area contributed by atoms with Crippen LogP contribution in [0.1, 0.15) is 62.5 Å². The molecule has 8 nitrogen and oxygen atoms in total. The summed E-state index contributed by atoms with van der Waals surface area (Å²) in [4.78, 5) is 7.00. The molecule has 47 heavy (non-hydrogen) atoms. The largest absolute Gasteiger partial charge is 0.371 e. The lowest BCUT2D eigenvalue weighted by molar-refractivity contribution is 0.0866. The van der Waals surface area contributed by atoms with Gasteiger partial charge in [-0.15, -0.1) is 5.10 Å². The fourth-order valence-electron chi connectivity index (χ4n) is 5.89. The first-order valence-electron chi connectivity index (χ1n) is 15.0. The number of nitrogens with zero attached hydrogens (tertiary/aromatic N) is 6. The molecule has 1 saturated heterocycles.